The molecule has 2 atom stereocenters. The molecule has 0 heterocycles. The van der Waals surface area contributed by atoms with Crippen LogP contribution in [0.25, 0.3) is 0 Å². The summed E-state index contributed by atoms with van der Waals surface area (Å²) in [6.07, 6.45) is 0.221. The van der Waals surface area contributed by atoms with Gasteiger partial charge in [0.25, 0.3) is 0 Å². The first-order chi connectivity index (χ1) is 9.81. The van der Waals surface area contributed by atoms with Crippen LogP contribution in [0.1, 0.15) is 46.2 Å². The van der Waals surface area contributed by atoms with Gasteiger partial charge in [0, 0.05) is 18.6 Å². The van der Waals surface area contributed by atoms with Crippen molar-refractivity contribution in [1.82, 2.24) is 10.2 Å². The van der Waals surface area contributed by atoms with Gasteiger partial charge in [0.2, 0.25) is 0 Å². The zero-order valence-corrected chi connectivity index (χ0v) is 14.7. The van der Waals surface area contributed by atoms with E-state index in [1.807, 2.05) is 13.8 Å². The van der Waals surface area contributed by atoms with E-state index in [0.29, 0.717) is 18.0 Å². The van der Waals surface area contributed by atoms with E-state index in [0.717, 1.165) is 12.3 Å². The van der Waals surface area contributed by atoms with Gasteiger partial charge in [-0.05, 0) is 58.5 Å². The van der Waals surface area contributed by atoms with Gasteiger partial charge in [-0.2, -0.15) is 0 Å². The van der Waals surface area contributed by atoms with Gasteiger partial charge in [0.1, 0.15) is 5.75 Å². The zero-order valence-electron chi connectivity index (χ0n) is 14.7. The molecule has 0 spiro atoms. The van der Waals surface area contributed by atoms with Crippen LogP contribution < -0.4 is 10.1 Å². The summed E-state index contributed by atoms with van der Waals surface area (Å²) in [5.74, 6) is 1.58. The van der Waals surface area contributed by atoms with Gasteiger partial charge in [0.15, 0.2) is 0 Å². The van der Waals surface area contributed by atoms with E-state index >= 15 is 0 Å². The quantitative estimate of drug-likeness (QED) is 0.790. The van der Waals surface area contributed by atoms with E-state index in [-0.39, 0.29) is 6.10 Å². The Morgan fingerprint density at radius 2 is 1.57 bits per heavy atom. The summed E-state index contributed by atoms with van der Waals surface area (Å²) < 4.78 is 5.68. The number of hydrogen-bond donors (Lipinski definition) is 1. The Morgan fingerprint density at radius 1 is 1.00 bits per heavy atom. The SMILES string of the molecule is CC(C)Oc1ccc(C(C)NCC(C(C)C)N(C)C)cc1. The summed E-state index contributed by atoms with van der Waals surface area (Å²) in [5, 5.41) is 3.64. The van der Waals surface area contributed by atoms with Gasteiger partial charge in [-0.3, -0.25) is 0 Å². The van der Waals surface area contributed by atoms with Crippen LogP contribution in [-0.4, -0.2) is 37.7 Å². The Labute approximate surface area is 130 Å². The van der Waals surface area contributed by atoms with Crippen molar-refractivity contribution in [2.24, 2.45) is 5.92 Å². The molecule has 0 radical (unpaired) electrons. The standard InChI is InChI=1S/C18H32N2O/c1-13(2)18(20(6)7)12-19-15(5)16-8-10-17(11-9-16)21-14(3)4/h8-11,13-15,18-19H,12H2,1-7H3. The van der Waals surface area contributed by atoms with Crippen molar-refractivity contribution in [2.75, 3.05) is 20.6 Å². The van der Waals surface area contributed by atoms with Crippen LogP contribution in [0, 0.1) is 5.92 Å². The van der Waals surface area contributed by atoms with Gasteiger partial charge in [-0.25, -0.2) is 0 Å². The minimum Gasteiger partial charge on any atom is -0.491 e. The number of likely N-dealkylation sites (N-methyl/N-ethyl adjacent to an activating group) is 1. The predicted molar refractivity (Wildman–Crippen MR) is 90.9 cm³/mol. The Bertz CT molecular complexity index is 390. The van der Waals surface area contributed by atoms with Gasteiger partial charge in [-0.1, -0.05) is 26.0 Å². The monoisotopic (exact) mass is 292 g/mol. The lowest BCUT2D eigenvalue weighted by Crippen LogP contribution is -2.42. The second-order valence-electron chi connectivity index (χ2n) is 6.64. The van der Waals surface area contributed by atoms with Crippen molar-refractivity contribution in [3.63, 3.8) is 0 Å². The van der Waals surface area contributed by atoms with Crippen molar-refractivity contribution >= 4 is 0 Å². The molecule has 0 fully saturated rings. The van der Waals surface area contributed by atoms with Crippen molar-refractivity contribution < 1.29 is 4.74 Å². The molecule has 0 aliphatic carbocycles. The summed E-state index contributed by atoms with van der Waals surface area (Å²) in [4.78, 5) is 2.30. The maximum Gasteiger partial charge on any atom is 0.119 e. The Balaban J connectivity index is 2.57. The summed E-state index contributed by atoms with van der Waals surface area (Å²) in [7, 11) is 4.30. The molecule has 120 valence electrons. The lowest BCUT2D eigenvalue weighted by molar-refractivity contribution is 0.220. The molecule has 0 saturated heterocycles. The highest BCUT2D eigenvalue weighted by molar-refractivity contribution is 5.29. The first-order valence-corrected chi connectivity index (χ1v) is 7.97. The molecular weight excluding hydrogens is 260 g/mol. The fourth-order valence-corrected chi connectivity index (χ4v) is 2.54. The third-order valence-corrected chi connectivity index (χ3v) is 3.82. The van der Waals surface area contributed by atoms with Gasteiger partial charge in [-0.15, -0.1) is 0 Å². The van der Waals surface area contributed by atoms with E-state index in [9.17, 15) is 0 Å². The zero-order chi connectivity index (χ0) is 16.0. The molecule has 2 unspecified atom stereocenters. The fourth-order valence-electron chi connectivity index (χ4n) is 2.54. The number of nitrogens with one attached hydrogen (secondary N) is 1. The minimum atomic E-state index is 0.221. The molecule has 21 heavy (non-hydrogen) atoms. The number of rotatable bonds is 8. The third-order valence-electron chi connectivity index (χ3n) is 3.82. The van der Waals surface area contributed by atoms with Gasteiger partial charge < -0.3 is 15.0 Å². The van der Waals surface area contributed by atoms with Crippen LogP contribution in [0.2, 0.25) is 0 Å². The average Bonchev–Trinajstić information content (AvgIpc) is 2.38. The second-order valence-corrected chi connectivity index (χ2v) is 6.64. The number of nitrogens with zero attached hydrogens (tertiary/aromatic N) is 1. The average molecular weight is 292 g/mol. The molecule has 3 heteroatoms. The second kappa shape index (κ2) is 8.40. The van der Waals surface area contributed by atoms with Crippen LogP contribution >= 0.6 is 0 Å². The molecule has 0 amide bonds. The normalized spacial score (nSPS) is 14.8. The van der Waals surface area contributed by atoms with Crippen LogP contribution in [0.15, 0.2) is 24.3 Å². The highest BCUT2D eigenvalue weighted by Crippen LogP contribution is 2.19. The lowest BCUT2D eigenvalue weighted by Gasteiger charge is -2.29. The number of ether oxygens (including phenoxy) is 1. The molecule has 0 aromatic heterocycles. The summed E-state index contributed by atoms with van der Waals surface area (Å²) in [5.41, 5.74) is 1.30. The van der Waals surface area contributed by atoms with Gasteiger partial charge >= 0.3 is 0 Å². The van der Waals surface area contributed by atoms with E-state index < -0.39 is 0 Å². The van der Waals surface area contributed by atoms with Gasteiger partial charge in [0.05, 0.1) is 6.10 Å². The lowest BCUT2D eigenvalue weighted by atomic mass is 10.0. The van der Waals surface area contributed by atoms with E-state index in [2.05, 4.69) is 69.3 Å². The Hall–Kier alpha value is -1.06. The topological polar surface area (TPSA) is 24.5 Å². The van der Waals surface area contributed by atoms with E-state index in [1.54, 1.807) is 0 Å². The Kier molecular flexibility index (Phi) is 7.20. The Morgan fingerprint density at radius 3 is 2.00 bits per heavy atom. The van der Waals surface area contributed by atoms with Crippen molar-refractivity contribution in [3.8, 4) is 5.75 Å². The maximum atomic E-state index is 5.68. The van der Waals surface area contributed by atoms with Crippen molar-refractivity contribution in [1.29, 1.82) is 0 Å². The molecule has 1 aromatic rings. The molecule has 1 N–H and O–H groups in total. The summed E-state index contributed by atoms with van der Waals surface area (Å²) >= 11 is 0. The molecule has 0 aliphatic rings. The smallest absolute Gasteiger partial charge is 0.119 e. The van der Waals surface area contributed by atoms with Crippen LogP contribution in [0.3, 0.4) is 0 Å². The molecule has 0 aliphatic heterocycles. The molecule has 1 rings (SSSR count). The van der Waals surface area contributed by atoms with E-state index in [4.69, 9.17) is 4.74 Å². The minimum absolute atomic E-state index is 0.221. The van der Waals surface area contributed by atoms with Crippen LogP contribution in [0.5, 0.6) is 5.75 Å². The van der Waals surface area contributed by atoms with Crippen molar-refractivity contribution in [3.05, 3.63) is 29.8 Å². The van der Waals surface area contributed by atoms with Crippen LogP contribution in [-0.2, 0) is 0 Å². The maximum absolute atomic E-state index is 5.68. The van der Waals surface area contributed by atoms with Crippen LogP contribution in [0.4, 0.5) is 0 Å². The predicted octanol–water partition coefficient (Wildman–Crippen LogP) is 3.71. The molecule has 1 aromatic carbocycles. The summed E-state index contributed by atoms with van der Waals surface area (Å²) in [6.45, 7) is 11.8. The first-order valence-electron chi connectivity index (χ1n) is 7.97. The number of benzene rings is 1. The molecule has 0 bridgehead atoms. The molecular formula is C18H32N2O. The summed E-state index contributed by atoms with van der Waals surface area (Å²) in [6, 6.07) is 9.30. The largest absolute Gasteiger partial charge is 0.491 e. The highest BCUT2D eigenvalue weighted by Gasteiger charge is 2.16. The fraction of sp³-hybridized carbons (Fsp3) is 0.667. The number of hydrogen-bond acceptors (Lipinski definition) is 3. The highest BCUT2D eigenvalue weighted by atomic mass is 16.5. The third kappa shape index (κ3) is 6.06. The molecule has 0 saturated carbocycles. The van der Waals surface area contributed by atoms with E-state index in [1.165, 1.54) is 5.56 Å². The molecule has 3 nitrogen and oxygen atoms in total. The first kappa shape index (κ1) is 18.0. The van der Waals surface area contributed by atoms with Crippen molar-refractivity contribution in [2.45, 2.75) is 52.8 Å².